The molecular weight excluding hydrogens is 404 g/mol. The quantitative estimate of drug-likeness (QED) is 0.731. The lowest BCUT2D eigenvalue weighted by molar-refractivity contribution is -0.120. The molecule has 2 aliphatic rings. The molecule has 0 bridgehead atoms. The van der Waals surface area contributed by atoms with Crippen LogP contribution in [-0.4, -0.2) is 60.6 Å². The molecule has 1 aromatic carbocycles. The number of carbonyl (C=O) groups is 2. The third-order valence-electron chi connectivity index (χ3n) is 6.60. The molecule has 7 nitrogen and oxygen atoms in total. The number of hydrazone groups is 1. The fraction of sp³-hybridized carbons (Fsp3) is 0.480. The largest absolute Gasteiger partial charge is 0.455 e. The molecule has 0 radical (unpaired) electrons. The minimum absolute atomic E-state index is 0.0704. The predicted molar refractivity (Wildman–Crippen MR) is 124 cm³/mol. The summed E-state index contributed by atoms with van der Waals surface area (Å²) in [6, 6.07) is 9.83. The van der Waals surface area contributed by atoms with Crippen molar-refractivity contribution in [1.82, 2.24) is 15.2 Å². The van der Waals surface area contributed by atoms with Gasteiger partial charge < -0.3 is 14.2 Å². The molecule has 2 heterocycles. The van der Waals surface area contributed by atoms with Crippen molar-refractivity contribution >= 4 is 17.5 Å². The highest BCUT2D eigenvalue weighted by molar-refractivity contribution is 6.06. The average molecular weight is 437 g/mol. The van der Waals surface area contributed by atoms with Crippen LogP contribution < -0.4 is 5.43 Å². The van der Waals surface area contributed by atoms with E-state index in [0.717, 1.165) is 73.4 Å². The van der Waals surface area contributed by atoms with Crippen molar-refractivity contribution < 1.29 is 14.0 Å². The van der Waals surface area contributed by atoms with Gasteiger partial charge in [-0.2, -0.15) is 5.10 Å². The number of nitrogens with zero attached hydrogens (tertiary/aromatic N) is 3. The highest BCUT2D eigenvalue weighted by Crippen LogP contribution is 2.31. The van der Waals surface area contributed by atoms with Crippen LogP contribution in [0.5, 0.6) is 0 Å². The van der Waals surface area contributed by atoms with E-state index in [0.29, 0.717) is 5.76 Å². The van der Waals surface area contributed by atoms with E-state index in [9.17, 15) is 9.59 Å². The molecule has 1 N–H and O–H groups in total. The summed E-state index contributed by atoms with van der Waals surface area (Å²) in [5, 5.41) is 4.42. The van der Waals surface area contributed by atoms with E-state index in [4.69, 9.17) is 4.42 Å². The Bertz CT molecular complexity index is 1000. The van der Waals surface area contributed by atoms with Gasteiger partial charge in [0.1, 0.15) is 5.76 Å². The van der Waals surface area contributed by atoms with Crippen LogP contribution in [0.3, 0.4) is 0 Å². The summed E-state index contributed by atoms with van der Waals surface area (Å²) < 4.78 is 6.07. The van der Waals surface area contributed by atoms with E-state index in [-0.39, 0.29) is 24.3 Å². The summed E-state index contributed by atoms with van der Waals surface area (Å²) in [5.41, 5.74) is 6.13. The van der Waals surface area contributed by atoms with E-state index in [2.05, 4.69) is 22.5 Å². The van der Waals surface area contributed by atoms with Crippen LogP contribution in [0.4, 0.5) is 0 Å². The molecule has 170 valence electrons. The lowest BCUT2D eigenvalue weighted by atomic mass is 9.93. The molecule has 0 atom stereocenters. The lowest BCUT2D eigenvalue weighted by Crippen LogP contribution is -2.44. The summed E-state index contributed by atoms with van der Waals surface area (Å²) in [7, 11) is 3.99. The predicted octanol–water partition coefficient (Wildman–Crippen LogP) is 3.15. The van der Waals surface area contributed by atoms with Gasteiger partial charge in [0.15, 0.2) is 5.76 Å². The second-order valence-electron chi connectivity index (χ2n) is 8.91. The van der Waals surface area contributed by atoms with E-state index in [1.165, 1.54) is 0 Å². The first-order chi connectivity index (χ1) is 15.4. The Kier molecular flexibility index (Phi) is 6.74. The molecule has 7 heteroatoms. The molecule has 2 amide bonds. The van der Waals surface area contributed by atoms with Crippen molar-refractivity contribution in [1.29, 1.82) is 0 Å². The highest BCUT2D eigenvalue weighted by Gasteiger charge is 2.32. The van der Waals surface area contributed by atoms with Crippen LogP contribution in [0, 0.1) is 6.92 Å². The van der Waals surface area contributed by atoms with Gasteiger partial charge in [-0.3, -0.25) is 9.59 Å². The van der Waals surface area contributed by atoms with Crippen molar-refractivity contribution in [3.63, 3.8) is 0 Å². The average Bonchev–Trinajstić information content (AvgIpc) is 3.15. The number of carbonyl (C=O) groups excluding carboxylic acids is 2. The zero-order valence-electron chi connectivity index (χ0n) is 19.2. The monoisotopic (exact) mass is 436 g/mol. The van der Waals surface area contributed by atoms with Gasteiger partial charge >= 0.3 is 0 Å². The van der Waals surface area contributed by atoms with Gasteiger partial charge in [-0.25, -0.2) is 5.43 Å². The van der Waals surface area contributed by atoms with Gasteiger partial charge in [-0.1, -0.05) is 30.3 Å². The van der Waals surface area contributed by atoms with Gasteiger partial charge in [0.05, 0.1) is 12.1 Å². The Hall–Kier alpha value is -2.93. The maximum atomic E-state index is 13.2. The highest BCUT2D eigenvalue weighted by atomic mass is 16.4. The molecule has 2 aromatic rings. The fourth-order valence-electron chi connectivity index (χ4n) is 4.64. The second-order valence-corrected chi connectivity index (χ2v) is 8.91. The van der Waals surface area contributed by atoms with Gasteiger partial charge in [0.2, 0.25) is 5.91 Å². The molecule has 0 saturated carbocycles. The topological polar surface area (TPSA) is 78.2 Å². The third-order valence-corrected chi connectivity index (χ3v) is 6.60. The molecule has 1 aromatic heterocycles. The Labute approximate surface area is 189 Å². The number of nitrogens with one attached hydrogen (secondary N) is 1. The molecule has 1 aliphatic heterocycles. The van der Waals surface area contributed by atoms with Crippen LogP contribution in [-0.2, 0) is 17.6 Å². The zero-order valence-corrected chi connectivity index (χ0v) is 19.2. The zero-order chi connectivity index (χ0) is 22.7. The summed E-state index contributed by atoms with van der Waals surface area (Å²) in [4.78, 5) is 29.7. The maximum Gasteiger partial charge on any atom is 0.289 e. The molecule has 1 saturated heterocycles. The first-order valence-electron chi connectivity index (χ1n) is 11.4. The molecule has 1 aliphatic carbocycles. The third kappa shape index (κ3) is 4.78. The summed E-state index contributed by atoms with van der Waals surface area (Å²) in [6.45, 7) is 3.91. The van der Waals surface area contributed by atoms with Crippen LogP contribution in [0.2, 0.25) is 0 Å². The number of furan rings is 1. The molecule has 1 fully saturated rings. The normalized spacial score (nSPS) is 18.4. The molecule has 0 spiro atoms. The summed E-state index contributed by atoms with van der Waals surface area (Å²) in [6.07, 6.45) is 4.62. The number of rotatable bonds is 5. The number of amides is 2. The molecule has 32 heavy (non-hydrogen) atoms. The second kappa shape index (κ2) is 9.69. The number of hydrogen-bond donors (Lipinski definition) is 1. The Morgan fingerprint density at radius 2 is 1.91 bits per heavy atom. The van der Waals surface area contributed by atoms with Crippen LogP contribution >= 0.6 is 0 Å². The van der Waals surface area contributed by atoms with Crippen LogP contribution in [0.15, 0.2) is 39.9 Å². The minimum atomic E-state index is -0.157. The number of benzene rings is 1. The fourth-order valence-corrected chi connectivity index (χ4v) is 4.64. The number of fused-ring (bicyclic) bond motifs is 1. The Morgan fingerprint density at radius 3 is 2.62 bits per heavy atom. The van der Waals surface area contributed by atoms with E-state index >= 15 is 0 Å². The van der Waals surface area contributed by atoms with E-state index in [1.807, 2.05) is 49.2 Å². The van der Waals surface area contributed by atoms with E-state index < -0.39 is 0 Å². The first-order valence-corrected chi connectivity index (χ1v) is 11.4. The summed E-state index contributed by atoms with van der Waals surface area (Å²) >= 11 is 0. The van der Waals surface area contributed by atoms with Crippen molar-refractivity contribution in [2.75, 3.05) is 27.2 Å². The smallest absolute Gasteiger partial charge is 0.289 e. The number of aryl methyl sites for hydroxylation is 1. The van der Waals surface area contributed by atoms with Crippen molar-refractivity contribution in [2.24, 2.45) is 5.10 Å². The minimum Gasteiger partial charge on any atom is -0.455 e. The Morgan fingerprint density at radius 1 is 1.19 bits per heavy atom. The van der Waals surface area contributed by atoms with Gasteiger partial charge in [-0.15, -0.1) is 0 Å². The van der Waals surface area contributed by atoms with E-state index in [1.54, 1.807) is 0 Å². The van der Waals surface area contributed by atoms with Gasteiger partial charge in [0, 0.05) is 30.6 Å². The van der Waals surface area contributed by atoms with Gasteiger partial charge in [-0.05, 0) is 58.3 Å². The number of likely N-dealkylation sites (tertiary alicyclic amines) is 1. The van der Waals surface area contributed by atoms with Gasteiger partial charge in [0.25, 0.3) is 5.91 Å². The molecule has 4 rings (SSSR count). The van der Waals surface area contributed by atoms with Crippen molar-refractivity contribution in [3.8, 4) is 0 Å². The first kappa shape index (κ1) is 22.3. The molecule has 0 unspecified atom stereocenters. The molecular formula is C25H32N4O3. The lowest BCUT2D eigenvalue weighted by Gasteiger charge is -2.34. The van der Waals surface area contributed by atoms with Crippen molar-refractivity contribution in [2.45, 2.75) is 51.5 Å². The Balaban J connectivity index is 1.49. The van der Waals surface area contributed by atoms with Crippen LogP contribution in [0.25, 0.3) is 0 Å². The van der Waals surface area contributed by atoms with Crippen molar-refractivity contribution in [3.05, 3.63) is 58.5 Å². The standard InChI is InChI=1S/C25H32N4O3/c1-17-23-20(26-27-22(30)16-18-8-5-4-6-9-18)10-7-11-21(23)32-24(17)25(31)29(3)19-12-14-28(2)15-13-19/h4-6,8-9,19H,7,10-16H2,1-3H3,(H,27,30)/b26-20+. The SMILES string of the molecule is Cc1c(C(=O)N(C)C2CCN(C)CC2)oc2c1/C(=N/NC(=O)Cc1ccccc1)CCC2. The number of piperidine rings is 1. The number of hydrogen-bond acceptors (Lipinski definition) is 5. The van der Waals surface area contributed by atoms with Crippen LogP contribution in [0.1, 0.15) is 58.7 Å². The maximum absolute atomic E-state index is 13.2. The summed E-state index contributed by atoms with van der Waals surface area (Å²) in [5.74, 6) is 0.973.